The maximum Gasteiger partial charge on any atom is 0.255 e. The fraction of sp³-hybridized carbons (Fsp3) is 0.0400. The third-order valence-corrected chi connectivity index (χ3v) is 5.04. The highest BCUT2D eigenvalue weighted by Gasteiger charge is 2.13. The van der Waals surface area contributed by atoms with E-state index in [1.807, 2.05) is 31.2 Å². The monoisotopic (exact) mass is 439 g/mol. The SMILES string of the molecule is Cc1cccc(-c2nnc(-c3ccc(C(=O)Nc4ccc(-n5cccn5)c(F)c4)cc3)o2)c1. The highest BCUT2D eigenvalue weighted by molar-refractivity contribution is 6.04. The van der Waals surface area contributed by atoms with Crippen molar-refractivity contribution >= 4 is 11.6 Å². The van der Waals surface area contributed by atoms with Crippen LogP contribution in [0, 0.1) is 12.7 Å². The van der Waals surface area contributed by atoms with E-state index in [9.17, 15) is 9.18 Å². The maximum atomic E-state index is 14.4. The van der Waals surface area contributed by atoms with Crippen LogP contribution < -0.4 is 5.32 Å². The van der Waals surface area contributed by atoms with Crippen LogP contribution >= 0.6 is 0 Å². The molecule has 7 nitrogen and oxygen atoms in total. The second-order valence-corrected chi connectivity index (χ2v) is 7.43. The van der Waals surface area contributed by atoms with Crippen LogP contribution in [0.5, 0.6) is 0 Å². The van der Waals surface area contributed by atoms with E-state index in [0.29, 0.717) is 34.3 Å². The van der Waals surface area contributed by atoms with Crippen LogP contribution in [0.15, 0.2) is 89.6 Å². The summed E-state index contributed by atoms with van der Waals surface area (Å²) in [5, 5.41) is 14.9. The number of hydrogen-bond acceptors (Lipinski definition) is 5. The van der Waals surface area contributed by atoms with Gasteiger partial charge in [-0.2, -0.15) is 5.10 Å². The molecule has 8 heteroatoms. The lowest BCUT2D eigenvalue weighted by molar-refractivity contribution is 0.102. The predicted molar refractivity (Wildman–Crippen MR) is 121 cm³/mol. The molecular formula is C25H18FN5O2. The van der Waals surface area contributed by atoms with Gasteiger partial charge in [-0.1, -0.05) is 17.7 Å². The Kier molecular flexibility index (Phi) is 5.24. The number of nitrogens with zero attached hydrogens (tertiary/aromatic N) is 4. The standard InChI is InChI=1S/C25H18FN5O2/c1-16-4-2-5-19(14-16)25-30-29-24(33-25)18-8-6-17(7-9-18)23(32)28-20-10-11-22(21(26)15-20)31-13-3-12-27-31/h2-15H,1H3,(H,28,32). The molecular weight excluding hydrogens is 421 g/mol. The number of aromatic nitrogens is 4. The van der Waals surface area contributed by atoms with E-state index in [1.165, 1.54) is 10.7 Å². The first-order valence-corrected chi connectivity index (χ1v) is 10.2. The first kappa shape index (κ1) is 20.3. The third kappa shape index (κ3) is 4.27. The normalized spacial score (nSPS) is 10.8. The highest BCUT2D eigenvalue weighted by Crippen LogP contribution is 2.25. The van der Waals surface area contributed by atoms with E-state index in [1.54, 1.807) is 54.9 Å². The van der Waals surface area contributed by atoms with Gasteiger partial charge in [0.2, 0.25) is 11.8 Å². The zero-order chi connectivity index (χ0) is 22.8. The van der Waals surface area contributed by atoms with Crippen LogP contribution in [-0.2, 0) is 0 Å². The Morgan fingerprint density at radius 1 is 0.939 bits per heavy atom. The molecule has 0 aliphatic rings. The smallest absolute Gasteiger partial charge is 0.255 e. The van der Waals surface area contributed by atoms with Crippen molar-refractivity contribution < 1.29 is 13.6 Å². The van der Waals surface area contributed by atoms with Gasteiger partial charge in [-0.3, -0.25) is 4.79 Å². The summed E-state index contributed by atoms with van der Waals surface area (Å²) in [5.41, 5.74) is 3.68. The molecule has 0 saturated carbocycles. The van der Waals surface area contributed by atoms with Crippen LogP contribution in [-0.4, -0.2) is 25.9 Å². The topological polar surface area (TPSA) is 85.8 Å². The second-order valence-electron chi connectivity index (χ2n) is 7.43. The Labute approximate surface area is 188 Å². The van der Waals surface area contributed by atoms with E-state index in [0.717, 1.165) is 11.1 Å². The molecule has 33 heavy (non-hydrogen) atoms. The number of amides is 1. The molecule has 0 spiro atoms. The van der Waals surface area contributed by atoms with Gasteiger partial charge in [-0.15, -0.1) is 10.2 Å². The molecule has 5 rings (SSSR count). The lowest BCUT2D eigenvalue weighted by Crippen LogP contribution is -2.12. The van der Waals surface area contributed by atoms with Crippen molar-refractivity contribution in [2.75, 3.05) is 5.32 Å². The summed E-state index contributed by atoms with van der Waals surface area (Å²) in [7, 11) is 0. The molecule has 2 heterocycles. The Balaban J connectivity index is 1.30. The Morgan fingerprint density at radius 2 is 1.73 bits per heavy atom. The van der Waals surface area contributed by atoms with Crippen molar-refractivity contribution in [2.45, 2.75) is 6.92 Å². The number of aryl methyl sites for hydroxylation is 1. The molecule has 5 aromatic rings. The fourth-order valence-electron chi connectivity index (χ4n) is 3.38. The van der Waals surface area contributed by atoms with Crippen LogP contribution in [0.3, 0.4) is 0 Å². The van der Waals surface area contributed by atoms with Crippen LogP contribution in [0.2, 0.25) is 0 Å². The quantitative estimate of drug-likeness (QED) is 0.402. The molecule has 0 aliphatic heterocycles. The van der Waals surface area contributed by atoms with Crippen molar-refractivity contribution in [3.8, 4) is 28.6 Å². The van der Waals surface area contributed by atoms with Gasteiger partial charge in [0, 0.05) is 34.8 Å². The Hall–Kier alpha value is -4.59. The number of benzene rings is 3. The fourth-order valence-corrected chi connectivity index (χ4v) is 3.38. The minimum atomic E-state index is -0.493. The van der Waals surface area contributed by atoms with Gasteiger partial charge in [-0.05, 0) is 67.6 Å². The molecule has 0 bridgehead atoms. The first-order chi connectivity index (χ1) is 16.1. The Morgan fingerprint density at radius 3 is 2.42 bits per heavy atom. The summed E-state index contributed by atoms with van der Waals surface area (Å²) in [5.74, 6) is -0.0720. The number of carbonyl (C=O) groups excluding carboxylic acids is 1. The van der Waals surface area contributed by atoms with E-state index < -0.39 is 5.82 Å². The lowest BCUT2D eigenvalue weighted by atomic mass is 10.1. The predicted octanol–water partition coefficient (Wildman–Crippen LogP) is 5.29. The second kappa shape index (κ2) is 8.51. The van der Waals surface area contributed by atoms with Crippen molar-refractivity contribution in [1.82, 2.24) is 20.0 Å². The molecule has 0 unspecified atom stereocenters. The summed E-state index contributed by atoms with van der Waals surface area (Å²) < 4.78 is 21.6. The molecule has 1 N–H and O–H groups in total. The van der Waals surface area contributed by atoms with Crippen molar-refractivity contribution in [2.24, 2.45) is 0 Å². The third-order valence-electron chi connectivity index (χ3n) is 5.04. The molecule has 0 atom stereocenters. The molecule has 162 valence electrons. The summed E-state index contributed by atoms with van der Waals surface area (Å²) >= 11 is 0. The average molecular weight is 439 g/mol. The molecule has 2 aromatic heterocycles. The zero-order valence-corrected chi connectivity index (χ0v) is 17.6. The van der Waals surface area contributed by atoms with Gasteiger partial charge in [0.25, 0.3) is 5.91 Å². The highest BCUT2D eigenvalue weighted by atomic mass is 19.1. The number of anilines is 1. The molecule has 3 aromatic carbocycles. The maximum absolute atomic E-state index is 14.4. The zero-order valence-electron chi connectivity index (χ0n) is 17.6. The summed E-state index contributed by atoms with van der Waals surface area (Å²) in [4.78, 5) is 12.6. The van der Waals surface area contributed by atoms with E-state index in [4.69, 9.17) is 4.42 Å². The van der Waals surface area contributed by atoms with Crippen LogP contribution in [0.4, 0.5) is 10.1 Å². The van der Waals surface area contributed by atoms with Gasteiger partial charge in [0.05, 0.1) is 0 Å². The van der Waals surface area contributed by atoms with Gasteiger partial charge in [-0.25, -0.2) is 9.07 Å². The summed E-state index contributed by atoms with van der Waals surface area (Å²) in [6.07, 6.45) is 3.21. The average Bonchev–Trinajstić information content (AvgIpc) is 3.52. The van der Waals surface area contributed by atoms with Gasteiger partial charge < -0.3 is 9.73 Å². The minimum absolute atomic E-state index is 0.298. The number of rotatable bonds is 5. The molecule has 0 fully saturated rings. The minimum Gasteiger partial charge on any atom is -0.416 e. The number of carbonyl (C=O) groups is 1. The van der Waals surface area contributed by atoms with E-state index >= 15 is 0 Å². The van der Waals surface area contributed by atoms with E-state index in [2.05, 4.69) is 20.6 Å². The number of nitrogens with one attached hydrogen (secondary N) is 1. The molecule has 0 aliphatic carbocycles. The van der Waals surface area contributed by atoms with Gasteiger partial charge >= 0.3 is 0 Å². The van der Waals surface area contributed by atoms with Crippen molar-refractivity contribution in [3.05, 3.63) is 102 Å². The van der Waals surface area contributed by atoms with Gasteiger partial charge in [0.15, 0.2) is 5.82 Å². The largest absolute Gasteiger partial charge is 0.416 e. The van der Waals surface area contributed by atoms with Crippen molar-refractivity contribution in [1.29, 1.82) is 0 Å². The lowest BCUT2D eigenvalue weighted by Gasteiger charge is -2.08. The van der Waals surface area contributed by atoms with Crippen molar-refractivity contribution in [3.63, 3.8) is 0 Å². The van der Waals surface area contributed by atoms with Crippen LogP contribution in [0.1, 0.15) is 15.9 Å². The molecule has 0 saturated heterocycles. The Bertz CT molecular complexity index is 1430. The summed E-state index contributed by atoms with van der Waals surface area (Å²) in [6, 6.07) is 20.7. The first-order valence-electron chi connectivity index (χ1n) is 10.2. The molecule has 0 radical (unpaired) electrons. The summed E-state index contributed by atoms with van der Waals surface area (Å²) in [6.45, 7) is 1.99. The number of halogens is 1. The van der Waals surface area contributed by atoms with Crippen LogP contribution in [0.25, 0.3) is 28.6 Å². The number of hydrogen-bond donors (Lipinski definition) is 1. The van der Waals surface area contributed by atoms with E-state index in [-0.39, 0.29) is 5.91 Å². The van der Waals surface area contributed by atoms with Gasteiger partial charge in [0.1, 0.15) is 5.69 Å². The molecule has 1 amide bonds.